The number of terminal acetylenes is 1. The van der Waals surface area contributed by atoms with Crippen molar-refractivity contribution in [3.63, 3.8) is 0 Å². The normalized spacial score (nSPS) is 24.8. The first-order valence-corrected chi connectivity index (χ1v) is 11.2. The number of nitrogens with one attached hydrogen (secondary N) is 1. The number of aliphatic hydroxyl groups is 2. The van der Waals surface area contributed by atoms with Crippen LogP contribution >= 0.6 is 11.6 Å². The molecule has 3 heterocycles. The van der Waals surface area contributed by atoms with Gasteiger partial charge in [-0.3, -0.25) is 4.57 Å². The van der Waals surface area contributed by atoms with Crippen molar-refractivity contribution in [3.05, 3.63) is 47.5 Å². The van der Waals surface area contributed by atoms with E-state index in [1.54, 1.807) is 24.3 Å². The number of hydrogen-bond donors (Lipinski definition) is 4. The van der Waals surface area contributed by atoms with E-state index < -0.39 is 36.1 Å². The summed E-state index contributed by atoms with van der Waals surface area (Å²) in [5, 5.41) is 34.6. The third-order valence-electron chi connectivity index (χ3n) is 5.75. The van der Waals surface area contributed by atoms with Crippen molar-refractivity contribution in [1.29, 1.82) is 0 Å². The maximum absolute atomic E-state index is 11.8. The Morgan fingerprint density at radius 3 is 2.80 bits per heavy atom. The molecule has 4 rings (SSSR count). The Morgan fingerprint density at radius 1 is 1.40 bits per heavy atom. The predicted molar refractivity (Wildman–Crippen MR) is 126 cm³/mol. The number of aliphatic carboxylic acids is 1. The Kier molecular flexibility index (Phi) is 7.20. The smallest absolute Gasteiger partial charge is 0.333 e. The van der Waals surface area contributed by atoms with Crippen molar-refractivity contribution in [3.8, 4) is 12.3 Å². The molecule has 0 spiro atoms. The fraction of sp³-hybridized carbons (Fsp3) is 0.391. The number of carboxylic acid groups (broad SMARTS) is 1. The molecule has 4 N–H and O–H groups in total. The van der Waals surface area contributed by atoms with Gasteiger partial charge in [-0.15, -0.1) is 6.42 Å². The molecule has 0 amide bonds. The van der Waals surface area contributed by atoms with E-state index in [0.717, 1.165) is 5.56 Å². The summed E-state index contributed by atoms with van der Waals surface area (Å²) in [5.41, 5.74) is -0.781. The maximum Gasteiger partial charge on any atom is 0.333 e. The number of ether oxygens (including phenoxy) is 2. The molecule has 0 radical (unpaired) electrons. The second kappa shape index (κ2) is 10.2. The summed E-state index contributed by atoms with van der Waals surface area (Å²) in [5.74, 6) is 1.38. The Hall–Kier alpha value is -3.27. The number of hydrogen-bond acceptors (Lipinski definition) is 9. The zero-order valence-electron chi connectivity index (χ0n) is 18.7. The molecule has 11 nitrogen and oxygen atoms in total. The summed E-state index contributed by atoms with van der Waals surface area (Å²) < 4.78 is 12.9. The highest BCUT2D eigenvalue weighted by molar-refractivity contribution is 6.28. The van der Waals surface area contributed by atoms with Crippen LogP contribution < -0.4 is 5.32 Å². The molecule has 1 aromatic carbocycles. The van der Waals surface area contributed by atoms with Crippen LogP contribution in [0.3, 0.4) is 0 Å². The number of rotatable bonds is 9. The van der Waals surface area contributed by atoms with Gasteiger partial charge in [-0.05, 0) is 24.1 Å². The highest BCUT2D eigenvalue weighted by Gasteiger charge is 2.56. The molecule has 1 aliphatic heterocycles. The van der Waals surface area contributed by atoms with Crippen molar-refractivity contribution in [2.75, 3.05) is 18.5 Å². The van der Waals surface area contributed by atoms with Crippen LogP contribution in [0, 0.1) is 12.3 Å². The number of imidazole rings is 1. The molecule has 35 heavy (non-hydrogen) atoms. The Bertz CT molecular complexity index is 1250. The number of halogens is 1. The highest BCUT2D eigenvalue weighted by atomic mass is 35.5. The lowest BCUT2D eigenvalue weighted by Crippen LogP contribution is -2.48. The van der Waals surface area contributed by atoms with E-state index in [2.05, 4.69) is 26.2 Å². The van der Waals surface area contributed by atoms with Crippen molar-refractivity contribution >= 4 is 34.6 Å². The zero-order chi connectivity index (χ0) is 25.2. The number of aromatic nitrogens is 4. The number of benzene rings is 1. The molecule has 184 valence electrons. The molecular weight excluding hydrogens is 478 g/mol. The summed E-state index contributed by atoms with van der Waals surface area (Å²) in [6, 6.07) is 8.96. The van der Waals surface area contributed by atoms with E-state index in [1.807, 2.05) is 13.0 Å². The number of anilines is 1. The van der Waals surface area contributed by atoms with Gasteiger partial charge < -0.3 is 30.1 Å². The third-order valence-corrected chi connectivity index (χ3v) is 5.92. The maximum atomic E-state index is 11.8. The van der Waals surface area contributed by atoms with Gasteiger partial charge in [0.05, 0.1) is 12.9 Å². The van der Waals surface area contributed by atoms with Crippen molar-refractivity contribution in [2.24, 2.45) is 0 Å². The average Bonchev–Trinajstić information content (AvgIpc) is 3.36. The van der Waals surface area contributed by atoms with Gasteiger partial charge in [0.15, 0.2) is 34.9 Å². The Balaban J connectivity index is 1.58. The minimum absolute atomic E-state index is 0.0556. The first-order valence-electron chi connectivity index (χ1n) is 10.8. The molecular formula is C23H24ClN5O6. The molecule has 5 atom stereocenters. The molecule has 3 aromatic rings. The van der Waals surface area contributed by atoms with Crippen LogP contribution in [0.15, 0.2) is 36.7 Å². The van der Waals surface area contributed by atoms with Crippen molar-refractivity contribution < 1.29 is 29.6 Å². The number of aliphatic hydroxyl groups excluding tert-OH is 1. The Morgan fingerprint density at radius 2 is 2.14 bits per heavy atom. The van der Waals surface area contributed by atoms with Gasteiger partial charge in [-0.25, -0.2) is 9.78 Å². The lowest BCUT2D eigenvalue weighted by molar-refractivity contribution is -0.156. The summed E-state index contributed by atoms with van der Waals surface area (Å²) in [7, 11) is 0. The number of carboxylic acids is 1. The highest BCUT2D eigenvalue weighted by Crippen LogP contribution is 2.39. The van der Waals surface area contributed by atoms with Crippen molar-refractivity contribution in [1.82, 2.24) is 19.5 Å². The van der Waals surface area contributed by atoms with Crippen molar-refractivity contribution in [2.45, 2.75) is 43.5 Å². The standard InChI is InChI=1S/C23H24ClN5O6/c1-3-23(33)15(11-34-14(21(31)32)10-13-8-6-5-7-9-13)35-20(17(23)30)29-12-26-16-18(25-4-2)27-22(24)28-19(16)29/h1,5-9,12,14-15,17,20,30,33H,4,10-11H2,2H3,(H,31,32)(H,25,27,28)/t14?,15-,17+,20-,23-/m1/s1. The van der Waals surface area contributed by atoms with Crippen LogP contribution in [0.5, 0.6) is 0 Å². The first kappa shape index (κ1) is 24.8. The monoisotopic (exact) mass is 501 g/mol. The van der Waals surface area contributed by atoms with Crippen LogP contribution in [0.1, 0.15) is 18.7 Å². The summed E-state index contributed by atoms with van der Waals surface area (Å²) >= 11 is 6.06. The van der Waals surface area contributed by atoms with E-state index in [-0.39, 0.29) is 24.0 Å². The van der Waals surface area contributed by atoms with E-state index in [0.29, 0.717) is 17.9 Å². The molecule has 1 unspecified atom stereocenters. The molecule has 1 saturated heterocycles. The third kappa shape index (κ3) is 4.80. The molecule has 0 saturated carbocycles. The van der Waals surface area contributed by atoms with Crippen LogP contribution in [-0.2, 0) is 20.7 Å². The van der Waals surface area contributed by atoms with E-state index in [9.17, 15) is 20.1 Å². The van der Waals surface area contributed by atoms with Crippen LogP contribution in [0.4, 0.5) is 5.82 Å². The summed E-state index contributed by atoms with van der Waals surface area (Å²) in [6.07, 6.45) is 1.75. The summed E-state index contributed by atoms with van der Waals surface area (Å²) in [6.45, 7) is 2.05. The summed E-state index contributed by atoms with van der Waals surface area (Å²) in [4.78, 5) is 24.3. The van der Waals surface area contributed by atoms with Gasteiger partial charge in [0.2, 0.25) is 5.28 Å². The van der Waals surface area contributed by atoms with Crippen LogP contribution in [-0.4, -0.2) is 77.9 Å². The fourth-order valence-electron chi connectivity index (χ4n) is 3.93. The van der Waals surface area contributed by atoms with E-state index >= 15 is 0 Å². The number of nitrogens with zero attached hydrogens (tertiary/aromatic N) is 4. The molecule has 12 heteroatoms. The van der Waals surface area contributed by atoms with Gasteiger partial charge >= 0.3 is 5.97 Å². The Labute approximate surface area is 205 Å². The van der Waals surface area contributed by atoms with Gasteiger partial charge in [0.1, 0.15) is 12.2 Å². The SMILES string of the molecule is C#C[C@@]1(O)[C@@H](COC(Cc2ccccc2)C(=O)O)O[C@@H](n2cnc3c(NCC)nc(Cl)nc32)[C@@H]1O. The second-order valence-corrected chi connectivity index (χ2v) is 8.31. The zero-order valence-corrected chi connectivity index (χ0v) is 19.5. The first-order chi connectivity index (χ1) is 16.8. The largest absolute Gasteiger partial charge is 0.479 e. The molecule has 1 fully saturated rings. The topological polar surface area (TPSA) is 152 Å². The number of fused-ring (bicyclic) bond motifs is 1. The minimum Gasteiger partial charge on any atom is -0.479 e. The average molecular weight is 502 g/mol. The lowest BCUT2D eigenvalue weighted by Gasteiger charge is -2.26. The van der Waals surface area contributed by atoms with Crippen LogP contribution in [0.2, 0.25) is 5.28 Å². The van der Waals surface area contributed by atoms with Gasteiger partial charge in [0, 0.05) is 13.0 Å². The molecule has 1 aliphatic rings. The number of carbonyl (C=O) groups is 1. The van der Waals surface area contributed by atoms with Gasteiger partial charge in [-0.1, -0.05) is 36.3 Å². The van der Waals surface area contributed by atoms with Gasteiger partial charge in [0.25, 0.3) is 0 Å². The van der Waals surface area contributed by atoms with Gasteiger partial charge in [-0.2, -0.15) is 9.97 Å². The fourth-order valence-corrected chi connectivity index (χ4v) is 4.10. The molecule has 0 aliphatic carbocycles. The molecule has 0 bridgehead atoms. The quantitative estimate of drug-likeness (QED) is 0.249. The van der Waals surface area contributed by atoms with Crippen LogP contribution in [0.25, 0.3) is 11.2 Å². The van der Waals surface area contributed by atoms with E-state index in [4.69, 9.17) is 27.5 Å². The minimum atomic E-state index is -2.17. The molecule has 2 aromatic heterocycles. The van der Waals surface area contributed by atoms with E-state index in [1.165, 1.54) is 10.9 Å². The lowest BCUT2D eigenvalue weighted by atomic mass is 9.93. The predicted octanol–water partition coefficient (Wildman–Crippen LogP) is 1.25. The second-order valence-electron chi connectivity index (χ2n) is 7.98.